The van der Waals surface area contributed by atoms with Crippen LogP contribution >= 0.6 is 22.9 Å². The largest absolute Gasteiger partial charge is 0.348 e. The van der Waals surface area contributed by atoms with Gasteiger partial charge in [-0.15, -0.1) is 11.3 Å². The van der Waals surface area contributed by atoms with E-state index in [1.54, 1.807) is 12.3 Å². The van der Waals surface area contributed by atoms with Gasteiger partial charge in [-0.05, 0) is 69.4 Å². The number of aromatic nitrogens is 3. The zero-order valence-electron chi connectivity index (χ0n) is 20.8. The second-order valence-electron chi connectivity index (χ2n) is 9.60. The van der Waals surface area contributed by atoms with Gasteiger partial charge in [0.15, 0.2) is 0 Å². The molecule has 37 heavy (non-hydrogen) atoms. The van der Waals surface area contributed by atoms with Crippen molar-refractivity contribution in [3.05, 3.63) is 70.7 Å². The van der Waals surface area contributed by atoms with Crippen LogP contribution in [0.1, 0.15) is 41.2 Å². The van der Waals surface area contributed by atoms with Crippen LogP contribution in [0.5, 0.6) is 0 Å². The van der Waals surface area contributed by atoms with Gasteiger partial charge in [-0.25, -0.2) is 9.97 Å². The summed E-state index contributed by atoms with van der Waals surface area (Å²) in [4.78, 5) is 38.4. The summed E-state index contributed by atoms with van der Waals surface area (Å²) in [5.41, 5.74) is 1.71. The molecular formula is C27H29ClN6O2S. The van der Waals surface area contributed by atoms with Crippen LogP contribution in [0.2, 0.25) is 5.15 Å². The predicted octanol–water partition coefficient (Wildman–Crippen LogP) is 5.12. The molecule has 1 aromatic carbocycles. The Morgan fingerprint density at radius 2 is 1.92 bits per heavy atom. The fourth-order valence-electron chi connectivity index (χ4n) is 4.77. The van der Waals surface area contributed by atoms with E-state index in [1.807, 2.05) is 61.3 Å². The Morgan fingerprint density at radius 1 is 1.14 bits per heavy atom. The molecule has 5 rings (SSSR count). The van der Waals surface area contributed by atoms with Crippen LogP contribution < -0.4 is 10.6 Å². The molecular weight excluding hydrogens is 508 g/mol. The molecule has 3 heterocycles. The average Bonchev–Trinajstić information content (AvgIpc) is 3.51. The number of fused-ring (bicyclic) bond motifs is 1. The first-order chi connectivity index (χ1) is 17.9. The highest BCUT2D eigenvalue weighted by Crippen LogP contribution is 2.29. The molecule has 1 aliphatic rings. The summed E-state index contributed by atoms with van der Waals surface area (Å²) < 4.78 is 2.04. The topological polar surface area (TPSA) is 92.2 Å². The second kappa shape index (κ2) is 11.0. The molecule has 0 aliphatic heterocycles. The lowest BCUT2D eigenvalue weighted by molar-refractivity contribution is -0.121. The molecule has 1 fully saturated rings. The van der Waals surface area contributed by atoms with Gasteiger partial charge in [0, 0.05) is 35.2 Å². The van der Waals surface area contributed by atoms with E-state index in [1.165, 1.54) is 11.3 Å². The van der Waals surface area contributed by atoms with Crippen molar-refractivity contribution in [3.8, 4) is 5.69 Å². The van der Waals surface area contributed by atoms with Gasteiger partial charge >= 0.3 is 0 Å². The first-order valence-corrected chi connectivity index (χ1v) is 13.5. The van der Waals surface area contributed by atoms with Gasteiger partial charge in [0.2, 0.25) is 5.91 Å². The number of nitrogens with one attached hydrogen (secondary N) is 2. The van der Waals surface area contributed by atoms with E-state index in [2.05, 4.69) is 25.5 Å². The van der Waals surface area contributed by atoms with Crippen molar-refractivity contribution >= 4 is 50.7 Å². The summed E-state index contributed by atoms with van der Waals surface area (Å²) in [6, 6.07) is 12.9. The van der Waals surface area contributed by atoms with E-state index in [-0.39, 0.29) is 23.8 Å². The minimum Gasteiger partial charge on any atom is -0.348 e. The Hall–Kier alpha value is -3.27. The molecule has 3 aromatic heterocycles. The van der Waals surface area contributed by atoms with Crippen LogP contribution in [0.3, 0.4) is 0 Å². The second-order valence-corrected chi connectivity index (χ2v) is 11.0. The molecule has 0 saturated heterocycles. The van der Waals surface area contributed by atoms with Gasteiger partial charge in [0.25, 0.3) is 5.91 Å². The molecule has 192 valence electrons. The first-order valence-electron chi connectivity index (χ1n) is 12.3. The number of rotatable bonds is 7. The van der Waals surface area contributed by atoms with Crippen LogP contribution in [0.25, 0.3) is 15.9 Å². The smallest absolute Gasteiger partial charge is 0.261 e. The van der Waals surface area contributed by atoms with Gasteiger partial charge < -0.3 is 20.1 Å². The number of carbonyl (C=O) groups excluding carboxylic acids is 2. The summed E-state index contributed by atoms with van der Waals surface area (Å²) >= 11 is 7.30. The van der Waals surface area contributed by atoms with Crippen molar-refractivity contribution < 1.29 is 9.59 Å². The number of thiophene rings is 1. The Kier molecular flexibility index (Phi) is 7.55. The zero-order valence-corrected chi connectivity index (χ0v) is 22.4. The number of pyridine rings is 1. The molecule has 0 spiro atoms. The number of anilines is 1. The zero-order chi connectivity index (χ0) is 25.9. The van der Waals surface area contributed by atoms with Crippen LogP contribution in [0.4, 0.5) is 5.69 Å². The maximum absolute atomic E-state index is 13.3. The molecule has 2 amide bonds. The lowest BCUT2D eigenvalue weighted by Gasteiger charge is -2.31. The fraction of sp³-hybridized carbons (Fsp3) is 0.333. The number of carbonyl (C=O) groups is 2. The summed E-state index contributed by atoms with van der Waals surface area (Å²) in [7, 11) is 4.02. The molecule has 0 radical (unpaired) electrons. The van der Waals surface area contributed by atoms with Crippen LogP contribution in [-0.2, 0) is 11.3 Å². The molecule has 4 aromatic rings. The van der Waals surface area contributed by atoms with Crippen LogP contribution in [0.15, 0.2) is 54.9 Å². The molecule has 1 aliphatic carbocycles. The minimum atomic E-state index is -0.292. The van der Waals surface area contributed by atoms with Crippen molar-refractivity contribution in [3.63, 3.8) is 0 Å². The maximum Gasteiger partial charge on any atom is 0.261 e. The number of benzene rings is 1. The van der Waals surface area contributed by atoms with Crippen molar-refractivity contribution in [2.45, 2.75) is 38.3 Å². The SMILES string of the molecule is CN(C)Cc1nccn1-c1ccc(NC(=O)[C@H]2CCCC[C@H]2NC(=O)c2cc3ccc(Cl)nc3s2)cc1. The fourth-order valence-corrected chi connectivity index (χ4v) is 5.91. The number of imidazole rings is 1. The van der Waals surface area contributed by atoms with E-state index in [0.29, 0.717) is 10.0 Å². The Labute approximate surface area is 224 Å². The first kappa shape index (κ1) is 25.4. The van der Waals surface area contributed by atoms with Crippen molar-refractivity contribution in [2.75, 3.05) is 19.4 Å². The summed E-state index contributed by atoms with van der Waals surface area (Å²) in [6.45, 7) is 0.728. The number of hydrogen-bond donors (Lipinski definition) is 2. The van der Waals surface area contributed by atoms with Gasteiger partial charge in [0.05, 0.1) is 17.3 Å². The van der Waals surface area contributed by atoms with E-state index in [4.69, 9.17) is 11.6 Å². The number of nitrogens with zero attached hydrogens (tertiary/aromatic N) is 4. The molecule has 8 nitrogen and oxygen atoms in total. The Bertz CT molecular complexity index is 1410. The molecule has 0 bridgehead atoms. The maximum atomic E-state index is 13.3. The van der Waals surface area contributed by atoms with Crippen molar-refractivity contribution in [1.29, 1.82) is 0 Å². The highest BCUT2D eigenvalue weighted by Gasteiger charge is 2.32. The summed E-state index contributed by atoms with van der Waals surface area (Å²) in [5.74, 6) is 0.403. The van der Waals surface area contributed by atoms with Crippen LogP contribution in [-0.4, -0.2) is 51.4 Å². The number of amides is 2. The summed E-state index contributed by atoms with van der Waals surface area (Å²) in [5, 5.41) is 7.45. The number of halogens is 1. The molecule has 2 N–H and O–H groups in total. The van der Waals surface area contributed by atoms with E-state index in [9.17, 15) is 9.59 Å². The highest BCUT2D eigenvalue weighted by atomic mass is 35.5. The average molecular weight is 537 g/mol. The standard InChI is InChI=1S/C27H29ClN6O2S/c1-33(2)16-24-29-13-14-34(24)19-10-8-18(9-11-19)30-25(35)20-5-3-4-6-21(20)31-26(36)22-15-17-7-12-23(28)32-27(17)37-22/h7-15,20-21H,3-6,16H2,1-2H3,(H,30,35)(H,31,36)/t20-,21+/m0/s1. The minimum absolute atomic E-state index is 0.0709. The summed E-state index contributed by atoms with van der Waals surface area (Å²) in [6.07, 6.45) is 7.17. The van der Waals surface area contributed by atoms with Gasteiger partial charge in [-0.2, -0.15) is 0 Å². The van der Waals surface area contributed by atoms with E-state index in [0.717, 1.165) is 59.6 Å². The van der Waals surface area contributed by atoms with Crippen molar-refractivity contribution in [2.24, 2.45) is 5.92 Å². The third-order valence-electron chi connectivity index (χ3n) is 6.58. The molecule has 2 atom stereocenters. The van der Waals surface area contributed by atoms with Gasteiger partial charge in [-0.1, -0.05) is 24.4 Å². The lowest BCUT2D eigenvalue weighted by Crippen LogP contribution is -2.46. The molecule has 10 heteroatoms. The van der Waals surface area contributed by atoms with Gasteiger partial charge in [0.1, 0.15) is 15.8 Å². The Morgan fingerprint density at radius 3 is 2.70 bits per heavy atom. The molecule has 1 saturated carbocycles. The monoisotopic (exact) mass is 536 g/mol. The Balaban J connectivity index is 1.25. The normalized spacial score (nSPS) is 17.7. The number of hydrogen-bond acceptors (Lipinski definition) is 6. The predicted molar refractivity (Wildman–Crippen MR) is 147 cm³/mol. The molecule has 0 unspecified atom stereocenters. The third kappa shape index (κ3) is 5.84. The van der Waals surface area contributed by atoms with Crippen LogP contribution in [0, 0.1) is 5.92 Å². The quantitative estimate of drug-likeness (QED) is 0.320. The highest BCUT2D eigenvalue weighted by molar-refractivity contribution is 7.20. The third-order valence-corrected chi connectivity index (χ3v) is 7.83. The van der Waals surface area contributed by atoms with E-state index < -0.39 is 0 Å². The van der Waals surface area contributed by atoms with Crippen molar-refractivity contribution in [1.82, 2.24) is 24.8 Å². The van der Waals surface area contributed by atoms with Gasteiger partial charge in [-0.3, -0.25) is 9.59 Å². The lowest BCUT2D eigenvalue weighted by atomic mass is 9.83. The van der Waals surface area contributed by atoms with E-state index >= 15 is 0 Å².